The Morgan fingerprint density at radius 3 is 2.39 bits per heavy atom. The summed E-state index contributed by atoms with van der Waals surface area (Å²) in [6, 6.07) is 4.22. The number of hydrogen-bond donors (Lipinski definition) is 7. The summed E-state index contributed by atoms with van der Waals surface area (Å²) < 4.78 is 21.4. The Hall–Kier alpha value is -3.71. The molecule has 2 aromatic carbocycles. The highest BCUT2D eigenvalue weighted by molar-refractivity contribution is 5.88. The molecule has 1 aliphatic rings. The molecule has 0 radical (unpaired) electrons. The van der Waals surface area contributed by atoms with Gasteiger partial charge in [0.2, 0.25) is 23.2 Å². The van der Waals surface area contributed by atoms with E-state index in [2.05, 4.69) is 0 Å². The molecule has 4 rings (SSSR count). The summed E-state index contributed by atoms with van der Waals surface area (Å²) in [6.07, 6.45) is -6.40. The van der Waals surface area contributed by atoms with Crippen molar-refractivity contribution in [3.8, 4) is 45.8 Å². The van der Waals surface area contributed by atoms with E-state index in [4.69, 9.17) is 18.6 Å². The first-order valence-electron chi connectivity index (χ1n) is 9.58. The fourth-order valence-corrected chi connectivity index (χ4v) is 3.44. The van der Waals surface area contributed by atoms with Gasteiger partial charge in [-0.1, -0.05) is 0 Å². The van der Waals surface area contributed by atoms with Crippen LogP contribution in [-0.2, 0) is 4.74 Å². The molecule has 4 unspecified atom stereocenters. The Labute approximate surface area is 184 Å². The van der Waals surface area contributed by atoms with E-state index in [0.29, 0.717) is 0 Å². The van der Waals surface area contributed by atoms with Gasteiger partial charge >= 0.3 is 0 Å². The molecule has 12 nitrogen and oxygen atoms in total. The van der Waals surface area contributed by atoms with Crippen LogP contribution in [-0.4, -0.2) is 74.1 Å². The van der Waals surface area contributed by atoms with Crippen molar-refractivity contribution in [2.45, 2.75) is 24.6 Å². The summed E-state index contributed by atoms with van der Waals surface area (Å²) >= 11 is 0. The van der Waals surface area contributed by atoms with E-state index in [-0.39, 0.29) is 28.0 Å². The largest absolute Gasteiger partial charge is 0.508 e. The highest BCUT2D eigenvalue weighted by Crippen LogP contribution is 2.43. The second-order valence-electron chi connectivity index (χ2n) is 7.34. The second-order valence-corrected chi connectivity index (χ2v) is 7.34. The molecule has 1 aromatic heterocycles. The summed E-state index contributed by atoms with van der Waals surface area (Å²) in [5.41, 5.74) is -1.21. The van der Waals surface area contributed by atoms with Crippen LogP contribution in [0.4, 0.5) is 0 Å². The summed E-state index contributed by atoms with van der Waals surface area (Å²) in [4.78, 5) is 13.3. The zero-order chi connectivity index (χ0) is 24.0. The van der Waals surface area contributed by atoms with Gasteiger partial charge in [0.25, 0.3) is 0 Å². The van der Waals surface area contributed by atoms with Crippen LogP contribution in [0.1, 0.15) is 0 Å². The van der Waals surface area contributed by atoms with Crippen LogP contribution < -0.4 is 14.9 Å². The Morgan fingerprint density at radius 2 is 1.70 bits per heavy atom. The molecular weight excluding hydrogens is 444 g/mol. The van der Waals surface area contributed by atoms with Crippen molar-refractivity contribution in [3.63, 3.8) is 0 Å². The lowest BCUT2D eigenvalue weighted by atomic mass is 10.1. The third kappa shape index (κ3) is 3.85. The number of aliphatic hydroxyl groups excluding tert-OH is 3. The molecule has 3 aromatic rings. The Morgan fingerprint density at radius 1 is 0.970 bits per heavy atom. The number of fused-ring (bicyclic) bond motifs is 1. The number of rotatable bonds is 4. The molecule has 0 amide bonds. The molecule has 1 aliphatic heterocycles. The fourth-order valence-electron chi connectivity index (χ4n) is 3.44. The van der Waals surface area contributed by atoms with Gasteiger partial charge in [0.15, 0.2) is 17.3 Å². The average molecular weight is 464 g/mol. The predicted molar refractivity (Wildman–Crippen MR) is 110 cm³/mol. The van der Waals surface area contributed by atoms with Crippen LogP contribution in [0.15, 0.2) is 33.5 Å². The van der Waals surface area contributed by atoms with E-state index in [9.17, 15) is 40.5 Å². The van der Waals surface area contributed by atoms with Crippen molar-refractivity contribution >= 4 is 11.0 Å². The second kappa shape index (κ2) is 8.33. The van der Waals surface area contributed by atoms with Gasteiger partial charge < -0.3 is 54.4 Å². The third-order valence-corrected chi connectivity index (χ3v) is 5.14. The van der Waals surface area contributed by atoms with Crippen LogP contribution in [0.25, 0.3) is 22.3 Å². The lowest BCUT2D eigenvalue weighted by Gasteiger charge is -2.34. The monoisotopic (exact) mass is 464 g/mol. The first-order chi connectivity index (χ1) is 15.6. The molecule has 0 bridgehead atoms. The van der Waals surface area contributed by atoms with E-state index < -0.39 is 65.4 Å². The number of benzene rings is 2. The zero-order valence-corrected chi connectivity index (χ0v) is 17.0. The Kier molecular flexibility index (Phi) is 5.68. The number of aromatic hydroxyl groups is 4. The van der Waals surface area contributed by atoms with Gasteiger partial charge in [-0.3, -0.25) is 4.79 Å². The zero-order valence-electron chi connectivity index (χ0n) is 17.0. The minimum absolute atomic E-state index is 0.0233. The normalized spacial score (nSPS) is 22.9. The molecule has 1 saturated heterocycles. The maximum absolute atomic E-state index is 13.3. The molecular formula is C21H20O12. The predicted octanol–water partition coefficient (Wildman–Crippen LogP) is 0.109. The number of ether oxygens (including phenoxy) is 3. The van der Waals surface area contributed by atoms with Crippen molar-refractivity contribution in [2.75, 3.05) is 13.7 Å². The standard InChI is InChI=1S/C21H20O12/c1-30-13-3-7(2-10(24)15(13)26)19-20(33-21-18(29)16(27)11(25)6-31-21)17(28)14-9(23)4-8(22)5-12(14)32-19/h2-5,11,16,18,21-27,29H,6H2,1H3. The molecule has 0 aliphatic carbocycles. The first kappa shape index (κ1) is 22.5. The van der Waals surface area contributed by atoms with Crippen LogP contribution >= 0.6 is 0 Å². The summed E-state index contributed by atoms with van der Waals surface area (Å²) in [5.74, 6) is -3.34. The molecule has 2 heterocycles. The Balaban J connectivity index is 1.95. The fraction of sp³-hybridized carbons (Fsp3) is 0.286. The molecule has 176 valence electrons. The van der Waals surface area contributed by atoms with Gasteiger partial charge in [-0.05, 0) is 12.1 Å². The van der Waals surface area contributed by atoms with Crippen molar-refractivity contribution in [1.29, 1.82) is 0 Å². The molecule has 1 fully saturated rings. The molecule has 12 heteroatoms. The van der Waals surface area contributed by atoms with Gasteiger partial charge in [0.1, 0.15) is 40.8 Å². The SMILES string of the molecule is COc1cc(-c2oc3cc(O)cc(O)c3c(=O)c2OC2OCC(O)C(O)C2O)cc(O)c1O. The molecule has 0 saturated carbocycles. The van der Waals surface area contributed by atoms with Gasteiger partial charge in [-0.15, -0.1) is 0 Å². The highest BCUT2D eigenvalue weighted by Gasteiger charge is 2.40. The highest BCUT2D eigenvalue weighted by atomic mass is 16.7. The van der Waals surface area contributed by atoms with Crippen LogP contribution in [0.5, 0.6) is 34.5 Å². The van der Waals surface area contributed by atoms with Crippen LogP contribution in [0.3, 0.4) is 0 Å². The van der Waals surface area contributed by atoms with Gasteiger partial charge in [0.05, 0.1) is 13.7 Å². The average Bonchev–Trinajstić information content (AvgIpc) is 2.76. The van der Waals surface area contributed by atoms with Crippen molar-refractivity contribution in [3.05, 3.63) is 34.5 Å². The number of phenolic OH excluding ortho intramolecular Hbond substituents is 4. The molecule has 33 heavy (non-hydrogen) atoms. The van der Waals surface area contributed by atoms with E-state index in [0.717, 1.165) is 18.2 Å². The van der Waals surface area contributed by atoms with E-state index in [1.54, 1.807) is 0 Å². The minimum atomic E-state index is -1.76. The minimum Gasteiger partial charge on any atom is -0.508 e. The lowest BCUT2D eigenvalue weighted by Crippen LogP contribution is -2.55. The maximum atomic E-state index is 13.3. The lowest BCUT2D eigenvalue weighted by molar-refractivity contribution is -0.242. The van der Waals surface area contributed by atoms with E-state index >= 15 is 0 Å². The number of phenols is 4. The summed E-state index contributed by atoms with van der Waals surface area (Å²) in [7, 11) is 1.22. The van der Waals surface area contributed by atoms with Gasteiger partial charge in [-0.25, -0.2) is 0 Å². The van der Waals surface area contributed by atoms with E-state index in [1.807, 2.05) is 0 Å². The smallest absolute Gasteiger partial charge is 0.239 e. The number of hydrogen-bond acceptors (Lipinski definition) is 12. The Bertz CT molecular complexity index is 1270. The summed E-state index contributed by atoms with van der Waals surface area (Å²) in [6.45, 7) is -0.413. The van der Waals surface area contributed by atoms with Gasteiger partial charge in [-0.2, -0.15) is 0 Å². The van der Waals surface area contributed by atoms with Crippen molar-refractivity contribution < 1.29 is 54.4 Å². The van der Waals surface area contributed by atoms with Crippen molar-refractivity contribution in [1.82, 2.24) is 0 Å². The molecule has 0 spiro atoms. The molecule has 4 atom stereocenters. The third-order valence-electron chi connectivity index (χ3n) is 5.14. The van der Waals surface area contributed by atoms with E-state index in [1.165, 1.54) is 13.2 Å². The maximum Gasteiger partial charge on any atom is 0.239 e. The number of methoxy groups -OCH3 is 1. The van der Waals surface area contributed by atoms with Crippen molar-refractivity contribution in [2.24, 2.45) is 0 Å². The van der Waals surface area contributed by atoms with Crippen LogP contribution in [0, 0.1) is 0 Å². The topological polar surface area (TPSA) is 200 Å². The van der Waals surface area contributed by atoms with Crippen LogP contribution in [0.2, 0.25) is 0 Å². The first-order valence-corrected chi connectivity index (χ1v) is 9.58. The summed E-state index contributed by atoms with van der Waals surface area (Å²) in [5, 5.41) is 69.4. The van der Waals surface area contributed by atoms with Gasteiger partial charge in [0, 0.05) is 17.7 Å². The quantitative estimate of drug-likeness (QED) is 0.257. The number of aliphatic hydroxyl groups is 3. The molecule has 7 N–H and O–H groups in total.